The fourth-order valence-electron chi connectivity index (χ4n) is 3.90. The summed E-state index contributed by atoms with van der Waals surface area (Å²) < 4.78 is 3.52. The quantitative estimate of drug-likeness (QED) is 0.674. The molecule has 3 heterocycles. The molecule has 2 N–H and O–H groups in total. The molecule has 1 aliphatic rings. The number of aromatic nitrogens is 4. The Morgan fingerprint density at radius 3 is 2.79 bits per heavy atom. The van der Waals surface area contributed by atoms with Crippen LogP contribution in [-0.4, -0.2) is 42.9 Å². The molecule has 3 aromatic rings. The number of rotatable bonds is 6. The van der Waals surface area contributed by atoms with Crippen molar-refractivity contribution in [2.24, 2.45) is 0 Å². The molecule has 28 heavy (non-hydrogen) atoms. The van der Waals surface area contributed by atoms with Crippen LogP contribution in [0.3, 0.4) is 0 Å². The van der Waals surface area contributed by atoms with E-state index in [-0.39, 0.29) is 12.5 Å². The molecule has 1 amide bonds. The summed E-state index contributed by atoms with van der Waals surface area (Å²) >= 11 is 0. The predicted octanol–water partition coefficient (Wildman–Crippen LogP) is 1.40. The lowest BCUT2D eigenvalue weighted by Gasteiger charge is -2.16. The Balaban J connectivity index is 1.76. The summed E-state index contributed by atoms with van der Waals surface area (Å²) in [7, 11) is 0. The van der Waals surface area contributed by atoms with E-state index in [9.17, 15) is 14.7 Å². The topological polar surface area (TPSA) is 102 Å². The van der Waals surface area contributed by atoms with Crippen LogP contribution in [0.4, 0.5) is 0 Å². The van der Waals surface area contributed by atoms with E-state index in [0.29, 0.717) is 31.5 Å². The van der Waals surface area contributed by atoms with Crippen LogP contribution in [0.25, 0.3) is 0 Å². The number of carbonyl (C=O) groups excluding carboxylic acids is 1. The van der Waals surface area contributed by atoms with Crippen molar-refractivity contribution in [3.63, 3.8) is 0 Å². The van der Waals surface area contributed by atoms with Gasteiger partial charge in [0.05, 0.1) is 12.1 Å². The average Bonchev–Trinajstić information content (AvgIpc) is 3.26. The van der Waals surface area contributed by atoms with E-state index in [1.54, 1.807) is 15.6 Å². The summed E-state index contributed by atoms with van der Waals surface area (Å²) in [5, 5.41) is 16.4. The van der Waals surface area contributed by atoms with Gasteiger partial charge in [0, 0.05) is 30.8 Å². The van der Waals surface area contributed by atoms with Crippen LogP contribution < -0.4 is 5.32 Å². The van der Waals surface area contributed by atoms with Gasteiger partial charge in [0.2, 0.25) is 0 Å². The summed E-state index contributed by atoms with van der Waals surface area (Å²) in [5.74, 6) is -1.04. The minimum atomic E-state index is -0.912. The van der Waals surface area contributed by atoms with Crippen molar-refractivity contribution in [1.29, 1.82) is 0 Å². The van der Waals surface area contributed by atoms with Crippen molar-refractivity contribution in [2.45, 2.75) is 32.9 Å². The van der Waals surface area contributed by atoms with E-state index in [0.717, 1.165) is 28.1 Å². The number of amides is 1. The first kappa shape index (κ1) is 18.0. The highest BCUT2D eigenvalue weighted by atomic mass is 16.4. The van der Waals surface area contributed by atoms with Crippen LogP contribution >= 0.6 is 0 Å². The average molecular weight is 379 g/mol. The summed E-state index contributed by atoms with van der Waals surface area (Å²) in [6.45, 7) is 2.86. The molecule has 1 aliphatic heterocycles. The zero-order valence-electron chi connectivity index (χ0n) is 15.6. The molecule has 0 saturated carbocycles. The van der Waals surface area contributed by atoms with Crippen LogP contribution in [0.15, 0.2) is 36.9 Å². The number of hydrogen-bond acceptors (Lipinski definition) is 4. The molecule has 0 aliphatic carbocycles. The maximum absolute atomic E-state index is 12.6. The van der Waals surface area contributed by atoms with E-state index >= 15 is 0 Å². The molecular formula is C20H21N5O3. The smallest absolute Gasteiger partial charge is 0.323 e. The number of carboxylic acids is 1. The highest BCUT2D eigenvalue weighted by molar-refractivity contribution is 5.98. The Kier molecular flexibility index (Phi) is 4.68. The first-order chi connectivity index (χ1) is 13.5. The van der Waals surface area contributed by atoms with Crippen LogP contribution in [0.5, 0.6) is 0 Å². The van der Waals surface area contributed by atoms with Crippen molar-refractivity contribution in [1.82, 2.24) is 24.6 Å². The number of fused-ring (bicyclic) bond motifs is 1. The molecule has 0 saturated heterocycles. The molecular weight excluding hydrogens is 358 g/mol. The predicted molar refractivity (Wildman–Crippen MR) is 101 cm³/mol. The van der Waals surface area contributed by atoms with Crippen molar-refractivity contribution < 1.29 is 14.7 Å². The molecule has 0 radical (unpaired) electrons. The first-order valence-electron chi connectivity index (χ1n) is 9.14. The Hall–Kier alpha value is -3.42. The molecule has 8 nitrogen and oxygen atoms in total. The van der Waals surface area contributed by atoms with Crippen LogP contribution in [-0.2, 0) is 30.7 Å². The fraction of sp³-hybridized carbons (Fsp3) is 0.300. The molecule has 0 unspecified atom stereocenters. The normalized spacial score (nSPS) is 13.2. The standard InChI is InChI=1S/C20H21N5O3/c1-13-16(19-17(6-7-22-20(19)28)25(13)10-18(26)27)8-14-4-2-3-5-15(14)9-24-12-21-11-23-24/h2-5,11-12H,6-10H2,1H3,(H,22,28)(H,26,27). The van der Waals surface area contributed by atoms with Gasteiger partial charge in [-0.15, -0.1) is 0 Å². The van der Waals surface area contributed by atoms with Crippen LogP contribution in [0, 0.1) is 6.92 Å². The van der Waals surface area contributed by atoms with Crippen molar-refractivity contribution >= 4 is 11.9 Å². The van der Waals surface area contributed by atoms with Gasteiger partial charge >= 0.3 is 5.97 Å². The molecule has 8 heteroatoms. The first-order valence-corrected chi connectivity index (χ1v) is 9.14. The lowest BCUT2D eigenvalue weighted by molar-refractivity contribution is -0.137. The number of aliphatic carboxylic acids is 1. The van der Waals surface area contributed by atoms with Gasteiger partial charge in [-0.3, -0.25) is 9.59 Å². The van der Waals surface area contributed by atoms with Gasteiger partial charge in [0.1, 0.15) is 19.2 Å². The minimum Gasteiger partial charge on any atom is -0.480 e. The maximum Gasteiger partial charge on any atom is 0.323 e. The highest BCUT2D eigenvalue weighted by Gasteiger charge is 2.29. The number of carboxylic acid groups (broad SMARTS) is 1. The van der Waals surface area contributed by atoms with E-state index < -0.39 is 5.97 Å². The van der Waals surface area contributed by atoms with Gasteiger partial charge < -0.3 is 15.0 Å². The molecule has 1 aromatic carbocycles. The largest absolute Gasteiger partial charge is 0.480 e. The van der Waals surface area contributed by atoms with E-state index in [2.05, 4.69) is 15.4 Å². The van der Waals surface area contributed by atoms with Gasteiger partial charge in [0.15, 0.2) is 0 Å². The summed E-state index contributed by atoms with van der Waals surface area (Å²) in [6.07, 6.45) is 4.36. The summed E-state index contributed by atoms with van der Waals surface area (Å²) in [6, 6.07) is 8.01. The van der Waals surface area contributed by atoms with Crippen molar-refractivity contribution in [2.75, 3.05) is 6.54 Å². The van der Waals surface area contributed by atoms with Crippen LogP contribution in [0.2, 0.25) is 0 Å². The molecule has 4 rings (SSSR count). The van der Waals surface area contributed by atoms with E-state index in [1.807, 2.05) is 31.2 Å². The second kappa shape index (κ2) is 7.30. The molecule has 0 fully saturated rings. The van der Waals surface area contributed by atoms with Gasteiger partial charge in [0.25, 0.3) is 5.91 Å². The third kappa shape index (κ3) is 3.28. The number of benzene rings is 1. The van der Waals surface area contributed by atoms with Crippen LogP contribution in [0.1, 0.15) is 38.4 Å². The monoisotopic (exact) mass is 379 g/mol. The maximum atomic E-state index is 12.6. The molecule has 2 aromatic heterocycles. The fourth-order valence-corrected chi connectivity index (χ4v) is 3.90. The van der Waals surface area contributed by atoms with Gasteiger partial charge in [-0.1, -0.05) is 24.3 Å². The van der Waals surface area contributed by atoms with Gasteiger partial charge in [-0.2, -0.15) is 5.10 Å². The van der Waals surface area contributed by atoms with Crippen molar-refractivity contribution in [3.05, 3.63) is 70.6 Å². The number of nitrogens with one attached hydrogen (secondary N) is 1. The molecule has 0 spiro atoms. The Labute approximate surface area is 161 Å². The number of nitrogens with zero attached hydrogens (tertiary/aromatic N) is 4. The third-order valence-electron chi connectivity index (χ3n) is 5.21. The second-order valence-electron chi connectivity index (χ2n) is 6.91. The molecule has 144 valence electrons. The SMILES string of the molecule is Cc1c(Cc2ccccc2Cn2cncn2)c2c(n1CC(=O)O)CCNC2=O. The molecule has 0 atom stereocenters. The Morgan fingerprint density at radius 1 is 1.29 bits per heavy atom. The minimum absolute atomic E-state index is 0.128. The lowest BCUT2D eigenvalue weighted by atomic mass is 9.95. The number of hydrogen-bond donors (Lipinski definition) is 2. The second-order valence-corrected chi connectivity index (χ2v) is 6.91. The Bertz CT molecular complexity index is 1040. The zero-order chi connectivity index (χ0) is 19.7. The zero-order valence-corrected chi connectivity index (χ0v) is 15.6. The Morgan fingerprint density at radius 2 is 2.07 bits per heavy atom. The summed E-state index contributed by atoms with van der Waals surface area (Å²) in [4.78, 5) is 27.9. The molecule has 0 bridgehead atoms. The van der Waals surface area contributed by atoms with Gasteiger partial charge in [-0.25, -0.2) is 9.67 Å². The lowest BCUT2D eigenvalue weighted by Crippen LogP contribution is -2.33. The van der Waals surface area contributed by atoms with E-state index in [4.69, 9.17) is 0 Å². The third-order valence-corrected chi connectivity index (χ3v) is 5.21. The van der Waals surface area contributed by atoms with Crippen molar-refractivity contribution in [3.8, 4) is 0 Å². The summed E-state index contributed by atoms with van der Waals surface area (Å²) in [5.41, 5.74) is 5.32. The highest BCUT2D eigenvalue weighted by Crippen LogP contribution is 2.29. The number of carbonyl (C=O) groups is 2. The van der Waals surface area contributed by atoms with Gasteiger partial charge in [-0.05, 0) is 23.6 Å². The van der Waals surface area contributed by atoms with E-state index in [1.165, 1.54) is 6.33 Å².